The summed E-state index contributed by atoms with van der Waals surface area (Å²) in [6, 6.07) is 10.4. The van der Waals surface area contributed by atoms with Crippen LogP contribution in [-0.2, 0) is 15.8 Å². The van der Waals surface area contributed by atoms with E-state index in [0.29, 0.717) is 11.1 Å². The number of likely N-dealkylation sites (tertiary alicyclic amines) is 1. The van der Waals surface area contributed by atoms with Crippen LogP contribution in [0.3, 0.4) is 0 Å². The second kappa shape index (κ2) is 7.93. The molecule has 130 valence electrons. The molecule has 1 saturated heterocycles. The number of hydrogen-bond acceptors (Lipinski definition) is 3. The Kier molecular flexibility index (Phi) is 6.43. The molecular weight excluding hydrogens is 302 g/mol. The zero-order chi connectivity index (χ0) is 16.9. The molecule has 0 aromatic heterocycles. The van der Waals surface area contributed by atoms with Crippen molar-refractivity contribution < 1.29 is 9.16 Å². The topological polar surface area (TPSA) is 21.7 Å². The minimum atomic E-state index is -1.61. The number of hydrogen-bond donors (Lipinski definition) is 0. The Morgan fingerprint density at radius 2 is 1.87 bits per heavy atom. The molecule has 1 aliphatic heterocycles. The summed E-state index contributed by atoms with van der Waals surface area (Å²) in [5.74, 6) is 0. The third kappa shape index (κ3) is 5.71. The molecule has 0 saturated carbocycles. The Morgan fingerprint density at radius 3 is 2.52 bits per heavy atom. The van der Waals surface area contributed by atoms with E-state index in [1.807, 2.05) is 6.07 Å². The quantitative estimate of drug-likeness (QED) is 0.694. The van der Waals surface area contributed by atoms with Crippen molar-refractivity contribution in [1.29, 1.82) is 0 Å². The normalized spacial score (nSPS) is 20.1. The first-order chi connectivity index (χ1) is 10.8. The molecule has 23 heavy (non-hydrogen) atoms. The van der Waals surface area contributed by atoms with E-state index >= 15 is 0 Å². The Hall–Kier alpha value is -0.683. The Balaban J connectivity index is 1.66. The van der Waals surface area contributed by atoms with Gasteiger partial charge in [0.25, 0.3) is 0 Å². The van der Waals surface area contributed by atoms with Crippen LogP contribution < -0.4 is 0 Å². The minimum Gasteiger partial charge on any atom is -0.416 e. The standard InChI is InChI=1S/C19H33NO2Si/c1-19(2,3)23(4,5)22-14-13-20-12-11-18(15-20)21-16-17-9-7-6-8-10-17/h6-10,18H,11-16H2,1-5H3. The smallest absolute Gasteiger partial charge is 0.192 e. The van der Waals surface area contributed by atoms with E-state index in [4.69, 9.17) is 9.16 Å². The van der Waals surface area contributed by atoms with Gasteiger partial charge in [-0.25, -0.2) is 0 Å². The Bertz CT molecular complexity index is 470. The predicted octanol–water partition coefficient (Wildman–Crippen LogP) is 4.30. The van der Waals surface area contributed by atoms with E-state index in [-0.39, 0.29) is 0 Å². The number of benzene rings is 1. The van der Waals surface area contributed by atoms with Gasteiger partial charge in [-0.15, -0.1) is 0 Å². The highest BCUT2D eigenvalue weighted by molar-refractivity contribution is 6.74. The lowest BCUT2D eigenvalue weighted by Gasteiger charge is -2.36. The summed E-state index contributed by atoms with van der Waals surface area (Å²) in [6.07, 6.45) is 1.50. The molecule has 0 N–H and O–H groups in total. The monoisotopic (exact) mass is 335 g/mol. The first-order valence-electron chi connectivity index (χ1n) is 8.80. The van der Waals surface area contributed by atoms with Crippen LogP contribution in [0.4, 0.5) is 0 Å². The van der Waals surface area contributed by atoms with Gasteiger partial charge in [-0.3, -0.25) is 4.90 Å². The zero-order valence-electron chi connectivity index (χ0n) is 15.5. The van der Waals surface area contributed by atoms with Gasteiger partial charge >= 0.3 is 0 Å². The second-order valence-electron chi connectivity index (χ2n) is 8.12. The van der Waals surface area contributed by atoms with Crippen LogP contribution in [0.2, 0.25) is 18.1 Å². The molecule has 3 nitrogen and oxygen atoms in total. The molecular formula is C19H33NO2Si. The summed E-state index contributed by atoms with van der Waals surface area (Å²) in [6.45, 7) is 16.3. The van der Waals surface area contributed by atoms with Crippen molar-refractivity contribution in [3.8, 4) is 0 Å². The van der Waals surface area contributed by atoms with Crippen LogP contribution in [0.1, 0.15) is 32.8 Å². The van der Waals surface area contributed by atoms with Crippen molar-refractivity contribution in [3.63, 3.8) is 0 Å². The van der Waals surface area contributed by atoms with Crippen LogP contribution in [0.25, 0.3) is 0 Å². The zero-order valence-corrected chi connectivity index (χ0v) is 16.5. The van der Waals surface area contributed by atoms with Gasteiger partial charge in [0.1, 0.15) is 0 Å². The molecule has 0 amide bonds. The maximum Gasteiger partial charge on any atom is 0.192 e. The summed E-state index contributed by atoms with van der Waals surface area (Å²) < 4.78 is 12.3. The molecule has 4 heteroatoms. The fraction of sp³-hybridized carbons (Fsp3) is 0.684. The van der Waals surface area contributed by atoms with Crippen LogP contribution in [0.5, 0.6) is 0 Å². The fourth-order valence-corrected chi connectivity index (χ4v) is 3.61. The molecule has 2 rings (SSSR count). The summed E-state index contributed by atoms with van der Waals surface area (Å²) in [5.41, 5.74) is 1.26. The van der Waals surface area contributed by atoms with E-state index in [1.54, 1.807) is 0 Å². The molecule has 1 unspecified atom stereocenters. The maximum absolute atomic E-state index is 6.28. The molecule has 0 aliphatic carbocycles. The van der Waals surface area contributed by atoms with Gasteiger partial charge in [-0.05, 0) is 30.1 Å². The van der Waals surface area contributed by atoms with E-state index < -0.39 is 8.32 Å². The first kappa shape index (κ1) is 18.7. The molecule has 1 fully saturated rings. The van der Waals surface area contributed by atoms with E-state index in [2.05, 4.69) is 63.0 Å². The van der Waals surface area contributed by atoms with Crippen molar-refractivity contribution in [3.05, 3.63) is 35.9 Å². The molecule has 0 spiro atoms. The van der Waals surface area contributed by atoms with Gasteiger partial charge in [0.15, 0.2) is 8.32 Å². The third-order valence-electron chi connectivity index (χ3n) is 5.23. The summed E-state index contributed by atoms with van der Waals surface area (Å²) in [4.78, 5) is 2.48. The van der Waals surface area contributed by atoms with Crippen LogP contribution in [-0.4, -0.2) is 45.6 Å². The predicted molar refractivity (Wildman–Crippen MR) is 99.2 cm³/mol. The van der Waals surface area contributed by atoms with Crippen molar-refractivity contribution in [2.24, 2.45) is 0 Å². The maximum atomic E-state index is 6.28. The minimum absolute atomic E-state index is 0.291. The lowest BCUT2D eigenvalue weighted by molar-refractivity contribution is 0.0456. The molecule has 1 aromatic carbocycles. The van der Waals surface area contributed by atoms with Gasteiger partial charge in [-0.2, -0.15) is 0 Å². The largest absolute Gasteiger partial charge is 0.416 e. The van der Waals surface area contributed by atoms with Crippen molar-refractivity contribution in [2.75, 3.05) is 26.2 Å². The van der Waals surface area contributed by atoms with E-state index in [9.17, 15) is 0 Å². The average Bonchev–Trinajstić information content (AvgIpc) is 2.93. The highest BCUT2D eigenvalue weighted by Gasteiger charge is 2.37. The van der Waals surface area contributed by atoms with Gasteiger partial charge in [0, 0.05) is 26.2 Å². The number of nitrogens with zero attached hydrogens (tertiary/aromatic N) is 1. The highest BCUT2D eigenvalue weighted by Crippen LogP contribution is 2.36. The van der Waals surface area contributed by atoms with Crippen molar-refractivity contribution >= 4 is 8.32 Å². The number of rotatable bonds is 7. The van der Waals surface area contributed by atoms with Crippen LogP contribution >= 0.6 is 0 Å². The average molecular weight is 336 g/mol. The van der Waals surface area contributed by atoms with Gasteiger partial charge < -0.3 is 9.16 Å². The molecule has 1 atom stereocenters. The van der Waals surface area contributed by atoms with Gasteiger partial charge in [0.05, 0.1) is 12.7 Å². The van der Waals surface area contributed by atoms with Gasteiger partial charge in [-0.1, -0.05) is 51.1 Å². The summed E-state index contributed by atoms with van der Waals surface area (Å²) >= 11 is 0. The number of ether oxygens (including phenoxy) is 1. The second-order valence-corrected chi connectivity index (χ2v) is 12.9. The molecule has 0 radical (unpaired) electrons. The SMILES string of the molecule is CC(C)(C)[Si](C)(C)OCCN1CCC(OCc2ccccc2)C1. The lowest BCUT2D eigenvalue weighted by atomic mass is 10.2. The third-order valence-corrected chi connectivity index (χ3v) is 9.77. The molecule has 1 aliphatic rings. The Morgan fingerprint density at radius 1 is 1.17 bits per heavy atom. The molecule has 1 aromatic rings. The summed E-state index contributed by atoms with van der Waals surface area (Å²) in [5, 5.41) is 0.291. The fourth-order valence-electron chi connectivity index (χ4n) is 2.57. The Labute approximate surface area is 143 Å². The van der Waals surface area contributed by atoms with E-state index in [0.717, 1.165) is 39.3 Å². The van der Waals surface area contributed by atoms with Crippen LogP contribution in [0, 0.1) is 0 Å². The summed E-state index contributed by atoms with van der Waals surface area (Å²) in [7, 11) is -1.61. The van der Waals surface area contributed by atoms with E-state index in [1.165, 1.54) is 5.56 Å². The first-order valence-corrected chi connectivity index (χ1v) is 11.7. The van der Waals surface area contributed by atoms with Crippen molar-refractivity contribution in [1.82, 2.24) is 4.90 Å². The van der Waals surface area contributed by atoms with Gasteiger partial charge in [0.2, 0.25) is 0 Å². The molecule has 0 bridgehead atoms. The highest BCUT2D eigenvalue weighted by atomic mass is 28.4. The van der Waals surface area contributed by atoms with Crippen molar-refractivity contribution in [2.45, 2.75) is 58.0 Å². The lowest BCUT2D eigenvalue weighted by Crippen LogP contribution is -2.42. The molecule has 1 heterocycles. The van der Waals surface area contributed by atoms with Crippen LogP contribution in [0.15, 0.2) is 30.3 Å².